The van der Waals surface area contributed by atoms with E-state index in [1.165, 1.54) is 0 Å². The lowest BCUT2D eigenvalue weighted by Crippen LogP contribution is -2.20. The van der Waals surface area contributed by atoms with Crippen LogP contribution in [0.5, 0.6) is 17.2 Å². The van der Waals surface area contributed by atoms with Gasteiger partial charge in [-0.2, -0.15) is 0 Å². The van der Waals surface area contributed by atoms with Crippen LogP contribution in [-0.4, -0.2) is 25.7 Å². The number of primary amides is 1. The largest absolute Gasteiger partial charge is 0.494 e. The molecular weight excluding hydrogens is 320 g/mol. The third kappa shape index (κ3) is 5.91. The summed E-state index contributed by atoms with van der Waals surface area (Å²) in [4.78, 5) is 10.9. The third-order valence-electron chi connectivity index (χ3n) is 3.34. The lowest BCUT2D eigenvalue weighted by molar-refractivity contribution is -0.119. The summed E-state index contributed by atoms with van der Waals surface area (Å²) in [6.45, 7) is 5.45. The van der Waals surface area contributed by atoms with Gasteiger partial charge in [-0.25, -0.2) is 0 Å². The van der Waals surface area contributed by atoms with Crippen LogP contribution in [-0.2, 0) is 11.3 Å². The molecule has 134 valence electrons. The van der Waals surface area contributed by atoms with Crippen molar-refractivity contribution >= 4 is 11.6 Å². The zero-order valence-corrected chi connectivity index (χ0v) is 14.6. The molecule has 0 heterocycles. The van der Waals surface area contributed by atoms with E-state index in [4.69, 9.17) is 19.9 Å². The Kier molecular flexibility index (Phi) is 6.95. The van der Waals surface area contributed by atoms with Crippen molar-refractivity contribution in [1.82, 2.24) is 0 Å². The molecule has 0 atom stereocenters. The average molecular weight is 344 g/mol. The molecule has 6 heteroatoms. The Bertz CT molecular complexity index is 686. The number of carbonyl (C=O) groups excluding carboxylic acids is 1. The maximum absolute atomic E-state index is 10.9. The van der Waals surface area contributed by atoms with Gasteiger partial charge in [-0.3, -0.25) is 4.79 Å². The zero-order valence-electron chi connectivity index (χ0n) is 14.6. The Balaban J connectivity index is 2.01. The van der Waals surface area contributed by atoms with Crippen molar-refractivity contribution in [1.29, 1.82) is 0 Å². The fourth-order valence-corrected chi connectivity index (χ4v) is 2.24. The predicted molar refractivity (Wildman–Crippen MR) is 97.2 cm³/mol. The molecular formula is C19H24N2O4. The van der Waals surface area contributed by atoms with Gasteiger partial charge in [-0.05, 0) is 55.8 Å². The number of amides is 1. The standard InChI is InChI=1S/C19H24N2O4/c1-3-23-16-8-6-15(7-9-16)21-12-14-5-10-17(25-13-19(20)22)18(11-14)24-4-2/h5-11,21H,3-4,12-13H2,1-2H3,(H2,20,22). The first-order valence-electron chi connectivity index (χ1n) is 8.26. The lowest BCUT2D eigenvalue weighted by Gasteiger charge is -2.13. The Morgan fingerprint density at radius 2 is 1.68 bits per heavy atom. The molecule has 0 radical (unpaired) electrons. The summed E-state index contributed by atoms with van der Waals surface area (Å²) in [5.74, 6) is 1.42. The molecule has 1 amide bonds. The van der Waals surface area contributed by atoms with Gasteiger partial charge in [-0.1, -0.05) is 6.07 Å². The topological polar surface area (TPSA) is 82.8 Å². The summed E-state index contributed by atoms with van der Waals surface area (Å²) >= 11 is 0. The highest BCUT2D eigenvalue weighted by molar-refractivity contribution is 5.75. The molecule has 0 bridgehead atoms. The second-order valence-electron chi connectivity index (χ2n) is 5.28. The minimum Gasteiger partial charge on any atom is -0.494 e. The van der Waals surface area contributed by atoms with Gasteiger partial charge in [0.15, 0.2) is 18.1 Å². The van der Waals surface area contributed by atoms with Crippen LogP contribution in [0, 0.1) is 0 Å². The SMILES string of the molecule is CCOc1ccc(NCc2ccc(OCC(N)=O)c(OCC)c2)cc1. The molecule has 0 saturated carbocycles. The van der Waals surface area contributed by atoms with E-state index in [0.717, 1.165) is 17.0 Å². The molecule has 0 saturated heterocycles. The normalized spacial score (nSPS) is 10.2. The highest BCUT2D eigenvalue weighted by Gasteiger charge is 2.08. The van der Waals surface area contributed by atoms with Crippen molar-refractivity contribution in [3.8, 4) is 17.2 Å². The van der Waals surface area contributed by atoms with Crippen molar-refractivity contribution in [3.05, 3.63) is 48.0 Å². The number of nitrogens with two attached hydrogens (primary N) is 1. The van der Waals surface area contributed by atoms with E-state index in [2.05, 4.69) is 5.32 Å². The third-order valence-corrected chi connectivity index (χ3v) is 3.34. The Morgan fingerprint density at radius 1 is 0.960 bits per heavy atom. The highest BCUT2D eigenvalue weighted by Crippen LogP contribution is 2.29. The molecule has 0 aliphatic rings. The smallest absolute Gasteiger partial charge is 0.255 e. The molecule has 25 heavy (non-hydrogen) atoms. The van der Waals surface area contributed by atoms with E-state index < -0.39 is 5.91 Å². The van der Waals surface area contributed by atoms with Crippen LogP contribution in [0.1, 0.15) is 19.4 Å². The summed E-state index contributed by atoms with van der Waals surface area (Å²) in [5, 5.41) is 3.34. The molecule has 0 unspecified atom stereocenters. The molecule has 0 fully saturated rings. The molecule has 0 aliphatic heterocycles. The number of carbonyl (C=O) groups is 1. The van der Waals surface area contributed by atoms with Crippen LogP contribution in [0.15, 0.2) is 42.5 Å². The maximum atomic E-state index is 10.9. The van der Waals surface area contributed by atoms with E-state index in [9.17, 15) is 4.79 Å². The van der Waals surface area contributed by atoms with Crippen LogP contribution in [0.2, 0.25) is 0 Å². The summed E-state index contributed by atoms with van der Waals surface area (Å²) < 4.78 is 16.4. The van der Waals surface area contributed by atoms with Gasteiger partial charge in [0, 0.05) is 12.2 Å². The van der Waals surface area contributed by atoms with Crippen molar-refractivity contribution < 1.29 is 19.0 Å². The Morgan fingerprint density at radius 3 is 2.32 bits per heavy atom. The van der Waals surface area contributed by atoms with E-state index in [-0.39, 0.29) is 6.61 Å². The molecule has 3 N–H and O–H groups in total. The first-order chi connectivity index (χ1) is 12.1. The van der Waals surface area contributed by atoms with Gasteiger partial charge >= 0.3 is 0 Å². The van der Waals surface area contributed by atoms with E-state index in [1.807, 2.05) is 50.2 Å². The number of nitrogens with one attached hydrogen (secondary N) is 1. The van der Waals surface area contributed by atoms with E-state index in [1.54, 1.807) is 6.07 Å². The number of hydrogen-bond acceptors (Lipinski definition) is 5. The van der Waals surface area contributed by atoms with Crippen molar-refractivity contribution in [2.75, 3.05) is 25.1 Å². The lowest BCUT2D eigenvalue weighted by atomic mass is 10.2. The second-order valence-corrected chi connectivity index (χ2v) is 5.28. The maximum Gasteiger partial charge on any atom is 0.255 e. The van der Waals surface area contributed by atoms with Crippen LogP contribution in [0.25, 0.3) is 0 Å². The second kappa shape index (κ2) is 9.42. The van der Waals surface area contributed by atoms with Gasteiger partial charge < -0.3 is 25.3 Å². The average Bonchev–Trinajstić information content (AvgIpc) is 2.61. The molecule has 0 spiro atoms. The van der Waals surface area contributed by atoms with Gasteiger partial charge in [0.05, 0.1) is 13.2 Å². The van der Waals surface area contributed by atoms with Crippen LogP contribution in [0.3, 0.4) is 0 Å². The first kappa shape index (κ1) is 18.4. The molecule has 2 aromatic rings. The number of anilines is 1. The number of rotatable bonds is 10. The quantitative estimate of drug-likeness (QED) is 0.692. The van der Waals surface area contributed by atoms with Gasteiger partial charge in [0.2, 0.25) is 0 Å². The van der Waals surface area contributed by atoms with E-state index in [0.29, 0.717) is 31.3 Å². The van der Waals surface area contributed by atoms with Crippen LogP contribution < -0.4 is 25.3 Å². The van der Waals surface area contributed by atoms with Crippen molar-refractivity contribution in [2.24, 2.45) is 5.73 Å². The van der Waals surface area contributed by atoms with Crippen LogP contribution >= 0.6 is 0 Å². The minimum atomic E-state index is -0.524. The van der Waals surface area contributed by atoms with E-state index >= 15 is 0 Å². The molecule has 0 aromatic heterocycles. The minimum absolute atomic E-state index is 0.177. The van der Waals surface area contributed by atoms with Gasteiger partial charge in [0.1, 0.15) is 5.75 Å². The number of benzene rings is 2. The Hall–Kier alpha value is -2.89. The first-order valence-corrected chi connectivity index (χ1v) is 8.26. The fourth-order valence-electron chi connectivity index (χ4n) is 2.24. The molecule has 2 aromatic carbocycles. The fraction of sp³-hybridized carbons (Fsp3) is 0.316. The predicted octanol–water partition coefficient (Wildman–Crippen LogP) is 2.96. The monoisotopic (exact) mass is 344 g/mol. The van der Waals surface area contributed by atoms with Crippen molar-refractivity contribution in [3.63, 3.8) is 0 Å². The van der Waals surface area contributed by atoms with Crippen LogP contribution in [0.4, 0.5) is 5.69 Å². The Labute approximate surface area is 147 Å². The molecule has 6 nitrogen and oxygen atoms in total. The summed E-state index contributed by atoms with van der Waals surface area (Å²) in [7, 11) is 0. The molecule has 2 rings (SSSR count). The zero-order chi connectivity index (χ0) is 18.1. The highest BCUT2D eigenvalue weighted by atomic mass is 16.5. The van der Waals surface area contributed by atoms with Gasteiger partial charge in [-0.15, -0.1) is 0 Å². The number of ether oxygens (including phenoxy) is 3. The summed E-state index contributed by atoms with van der Waals surface area (Å²) in [6, 6.07) is 13.4. The van der Waals surface area contributed by atoms with Gasteiger partial charge in [0.25, 0.3) is 5.91 Å². The molecule has 0 aliphatic carbocycles. The number of hydrogen-bond donors (Lipinski definition) is 2. The summed E-state index contributed by atoms with van der Waals surface area (Å²) in [6.07, 6.45) is 0. The summed E-state index contributed by atoms with van der Waals surface area (Å²) in [5.41, 5.74) is 7.14. The van der Waals surface area contributed by atoms with Crippen molar-refractivity contribution in [2.45, 2.75) is 20.4 Å².